The van der Waals surface area contributed by atoms with E-state index in [2.05, 4.69) is 17.4 Å². The lowest BCUT2D eigenvalue weighted by Crippen LogP contribution is -2.36. The lowest BCUT2D eigenvalue weighted by Gasteiger charge is -2.33. The van der Waals surface area contributed by atoms with Gasteiger partial charge in [-0.1, -0.05) is 24.3 Å². The second kappa shape index (κ2) is 10.3. The second-order valence-corrected chi connectivity index (χ2v) is 8.30. The molecule has 0 radical (unpaired) electrons. The van der Waals surface area contributed by atoms with Crippen molar-refractivity contribution >= 4 is 18.0 Å². The number of esters is 1. The van der Waals surface area contributed by atoms with Crippen LogP contribution >= 0.6 is 0 Å². The number of rotatable bonds is 7. The molecule has 1 aliphatic carbocycles. The molecule has 1 N–H and O–H groups in total. The molecule has 0 heterocycles. The summed E-state index contributed by atoms with van der Waals surface area (Å²) < 4.78 is 10.2. The van der Waals surface area contributed by atoms with Gasteiger partial charge in [0.1, 0.15) is 5.60 Å². The number of carbonyl (C=O) groups is 3. The zero-order valence-corrected chi connectivity index (χ0v) is 17.8. The molecule has 0 aliphatic heterocycles. The maximum Gasteiger partial charge on any atom is 0.407 e. The molecule has 7 heteroatoms. The molecule has 0 spiro atoms. The third-order valence-electron chi connectivity index (χ3n) is 4.78. The Bertz CT molecular complexity index is 726. The molecular weight excluding hydrogens is 372 g/mol. The Balaban J connectivity index is 1.70. The average molecular weight is 405 g/mol. The number of benzene rings is 1. The Hall–Kier alpha value is -2.57. The lowest BCUT2D eigenvalue weighted by atomic mass is 9.87. The van der Waals surface area contributed by atoms with Crippen LogP contribution in [0.25, 0.3) is 0 Å². The number of nitrogens with zero attached hydrogens (tertiary/aromatic N) is 1. The van der Waals surface area contributed by atoms with Crippen LogP contribution in [0.4, 0.5) is 4.79 Å². The summed E-state index contributed by atoms with van der Waals surface area (Å²) in [5, 5.41) is 2.59. The predicted octanol–water partition coefficient (Wildman–Crippen LogP) is 3.37. The van der Waals surface area contributed by atoms with Crippen molar-refractivity contribution in [1.82, 2.24) is 10.2 Å². The Morgan fingerprint density at radius 2 is 1.93 bits per heavy atom. The highest BCUT2D eigenvalue weighted by Gasteiger charge is 2.26. The Morgan fingerprint density at radius 3 is 2.66 bits per heavy atom. The summed E-state index contributed by atoms with van der Waals surface area (Å²) in [4.78, 5) is 37.6. The molecule has 0 unspecified atom stereocenters. The number of amides is 2. The minimum atomic E-state index is -0.561. The van der Waals surface area contributed by atoms with E-state index in [0.29, 0.717) is 13.0 Å². The normalized spacial score (nSPS) is 15.8. The maximum atomic E-state index is 12.5. The van der Waals surface area contributed by atoms with E-state index < -0.39 is 17.7 Å². The molecule has 0 aromatic heterocycles. The van der Waals surface area contributed by atoms with E-state index in [1.54, 1.807) is 32.7 Å². The van der Waals surface area contributed by atoms with Gasteiger partial charge >= 0.3 is 12.1 Å². The van der Waals surface area contributed by atoms with Gasteiger partial charge in [-0.25, -0.2) is 4.79 Å². The fourth-order valence-electron chi connectivity index (χ4n) is 3.36. The summed E-state index contributed by atoms with van der Waals surface area (Å²) in [6.07, 6.45) is 2.99. The van der Waals surface area contributed by atoms with E-state index in [0.717, 1.165) is 19.3 Å². The smallest absolute Gasteiger partial charge is 0.407 e. The second-order valence-electron chi connectivity index (χ2n) is 8.30. The molecule has 1 aromatic rings. The van der Waals surface area contributed by atoms with Gasteiger partial charge in [-0.3, -0.25) is 9.59 Å². The van der Waals surface area contributed by atoms with E-state index in [1.807, 2.05) is 12.1 Å². The predicted molar refractivity (Wildman–Crippen MR) is 109 cm³/mol. The zero-order valence-electron chi connectivity index (χ0n) is 17.8. The first kappa shape index (κ1) is 22.7. The number of nitrogens with one attached hydrogen (secondary N) is 1. The van der Waals surface area contributed by atoms with Gasteiger partial charge in [0.05, 0.1) is 6.04 Å². The molecule has 0 bridgehead atoms. The van der Waals surface area contributed by atoms with Crippen molar-refractivity contribution < 1.29 is 23.9 Å². The van der Waals surface area contributed by atoms with Gasteiger partial charge in [0.25, 0.3) is 5.91 Å². The first-order valence-corrected chi connectivity index (χ1v) is 10.1. The summed E-state index contributed by atoms with van der Waals surface area (Å²) in [6.45, 7) is 5.38. The van der Waals surface area contributed by atoms with Gasteiger partial charge in [-0.2, -0.15) is 0 Å². The Morgan fingerprint density at radius 1 is 1.21 bits per heavy atom. The van der Waals surface area contributed by atoms with E-state index in [-0.39, 0.29) is 25.0 Å². The van der Waals surface area contributed by atoms with Crippen molar-refractivity contribution in [3.63, 3.8) is 0 Å². The molecule has 0 saturated heterocycles. The van der Waals surface area contributed by atoms with E-state index >= 15 is 0 Å². The van der Waals surface area contributed by atoms with Gasteiger partial charge < -0.3 is 19.7 Å². The number of carbonyl (C=O) groups excluding carboxylic acids is 3. The highest BCUT2D eigenvalue weighted by Crippen LogP contribution is 2.33. The molecule has 7 nitrogen and oxygen atoms in total. The van der Waals surface area contributed by atoms with Crippen molar-refractivity contribution in [3.05, 3.63) is 35.4 Å². The number of hydrogen-bond donors (Lipinski definition) is 1. The molecule has 160 valence electrons. The molecule has 0 fully saturated rings. The largest absolute Gasteiger partial charge is 0.456 e. The van der Waals surface area contributed by atoms with Crippen LogP contribution in [0, 0.1) is 0 Å². The number of fused-ring (bicyclic) bond motifs is 1. The third-order valence-corrected chi connectivity index (χ3v) is 4.78. The van der Waals surface area contributed by atoms with Gasteiger partial charge in [-0.15, -0.1) is 0 Å². The first-order chi connectivity index (χ1) is 13.7. The number of alkyl carbamates (subject to hydrolysis) is 1. The molecule has 29 heavy (non-hydrogen) atoms. The average Bonchev–Trinajstić information content (AvgIpc) is 2.67. The van der Waals surface area contributed by atoms with Crippen LogP contribution in [-0.4, -0.2) is 48.7 Å². The van der Waals surface area contributed by atoms with E-state index in [4.69, 9.17) is 9.47 Å². The number of ether oxygens (including phenoxy) is 2. The van der Waals surface area contributed by atoms with Gasteiger partial charge in [0.15, 0.2) is 6.61 Å². The monoisotopic (exact) mass is 404 g/mol. The SMILES string of the molecule is CN(C(=O)COC(=O)CCCNC(=O)OC(C)(C)C)[C@@H]1CCCc2ccccc21. The molecule has 0 saturated carbocycles. The highest BCUT2D eigenvalue weighted by atomic mass is 16.6. The van der Waals surface area contributed by atoms with Gasteiger partial charge in [-0.05, 0) is 57.6 Å². The number of likely N-dealkylation sites (N-methyl/N-ethyl adjacent to an activating group) is 1. The summed E-state index contributed by atoms with van der Waals surface area (Å²) in [5.74, 6) is -0.672. The molecule has 1 aromatic carbocycles. The lowest BCUT2D eigenvalue weighted by molar-refractivity contribution is -0.152. The van der Waals surface area contributed by atoms with Crippen LogP contribution in [0.5, 0.6) is 0 Å². The molecule has 2 amide bonds. The van der Waals surface area contributed by atoms with Crippen molar-refractivity contribution in [2.75, 3.05) is 20.2 Å². The topological polar surface area (TPSA) is 84.9 Å². The minimum absolute atomic E-state index is 0.0178. The van der Waals surface area contributed by atoms with E-state index in [9.17, 15) is 14.4 Å². The van der Waals surface area contributed by atoms with Gasteiger partial charge in [0.2, 0.25) is 0 Å². The van der Waals surface area contributed by atoms with Crippen LogP contribution in [-0.2, 0) is 25.5 Å². The van der Waals surface area contributed by atoms with Crippen LogP contribution < -0.4 is 5.32 Å². The van der Waals surface area contributed by atoms with Crippen molar-refractivity contribution in [2.24, 2.45) is 0 Å². The van der Waals surface area contributed by atoms with Crippen LogP contribution in [0.15, 0.2) is 24.3 Å². The first-order valence-electron chi connectivity index (χ1n) is 10.1. The standard InChI is InChI=1S/C22H32N2O5/c1-22(2,3)29-21(27)23-14-8-13-20(26)28-15-19(25)24(4)18-12-7-10-16-9-5-6-11-17(16)18/h5-6,9,11,18H,7-8,10,12-15H2,1-4H3,(H,23,27)/t18-/m1/s1. The fourth-order valence-corrected chi connectivity index (χ4v) is 3.36. The van der Waals surface area contributed by atoms with E-state index in [1.165, 1.54) is 11.1 Å². The number of aryl methyl sites for hydroxylation is 1. The van der Waals surface area contributed by atoms with Crippen molar-refractivity contribution in [1.29, 1.82) is 0 Å². The van der Waals surface area contributed by atoms with Crippen molar-refractivity contribution in [3.8, 4) is 0 Å². The Kier molecular flexibility index (Phi) is 8.05. The highest BCUT2D eigenvalue weighted by molar-refractivity contribution is 5.81. The third kappa shape index (κ3) is 7.40. The van der Waals surface area contributed by atoms with Crippen LogP contribution in [0.3, 0.4) is 0 Å². The Labute approximate surface area is 172 Å². The summed E-state index contributed by atoms with van der Waals surface area (Å²) in [7, 11) is 1.76. The molecule has 1 aliphatic rings. The zero-order chi connectivity index (χ0) is 21.4. The summed E-state index contributed by atoms with van der Waals surface area (Å²) in [5.41, 5.74) is 1.89. The maximum absolute atomic E-state index is 12.5. The summed E-state index contributed by atoms with van der Waals surface area (Å²) in [6, 6.07) is 8.19. The van der Waals surface area contributed by atoms with Crippen LogP contribution in [0.1, 0.15) is 63.6 Å². The molecule has 1 atom stereocenters. The molecular formula is C22H32N2O5. The minimum Gasteiger partial charge on any atom is -0.456 e. The quantitative estimate of drug-likeness (QED) is 0.556. The van der Waals surface area contributed by atoms with Gasteiger partial charge in [0, 0.05) is 20.0 Å². The number of hydrogen-bond acceptors (Lipinski definition) is 5. The van der Waals surface area contributed by atoms with Crippen LogP contribution in [0.2, 0.25) is 0 Å². The molecule has 2 rings (SSSR count). The van der Waals surface area contributed by atoms with Crippen molar-refractivity contribution in [2.45, 2.75) is 64.5 Å². The fraction of sp³-hybridized carbons (Fsp3) is 0.591. The summed E-state index contributed by atoms with van der Waals surface area (Å²) >= 11 is 0.